The summed E-state index contributed by atoms with van der Waals surface area (Å²) in [6, 6.07) is 0.691. The first-order chi connectivity index (χ1) is 8.88. The third-order valence-corrected chi connectivity index (χ3v) is 4.16. The molecule has 0 aliphatic heterocycles. The van der Waals surface area contributed by atoms with Crippen molar-refractivity contribution in [3.63, 3.8) is 0 Å². The summed E-state index contributed by atoms with van der Waals surface area (Å²) in [5.41, 5.74) is 0. The average Bonchev–Trinajstić information content (AvgIpc) is 2.36. The van der Waals surface area contributed by atoms with Crippen LogP contribution in [0.4, 0.5) is 0 Å². The summed E-state index contributed by atoms with van der Waals surface area (Å²) in [5.74, 6) is 0. The molecule has 0 saturated heterocycles. The van der Waals surface area contributed by atoms with Crippen LogP contribution >= 0.6 is 0 Å². The van der Waals surface area contributed by atoms with Crippen LogP contribution in [0.5, 0.6) is 0 Å². The molecule has 3 nitrogen and oxygen atoms in total. The Morgan fingerprint density at radius 1 is 1.00 bits per heavy atom. The standard InChI is InChI=1S/C15H29NO2/c1-2-17-15-11-13(12-15)16-9-6-10-18-14-7-4-3-5-8-14/h13-16H,2-12H2,1H3. The minimum atomic E-state index is 0.519. The van der Waals surface area contributed by atoms with Crippen molar-refractivity contribution in [2.24, 2.45) is 0 Å². The van der Waals surface area contributed by atoms with Crippen LogP contribution in [-0.2, 0) is 9.47 Å². The largest absolute Gasteiger partial charge is 0.378 e. The van der Waals surface area contributed by atoms with Crippen LogP contribution in [0.25, 0.3) is 0 Å². The highest BCUT2D eigenvalue weighted by atomic mass is 16.5. The molecule has 2 aliphatic rings. The first-order valence-corrected chi connectivity index (χ1v) is 7.85. The summed E-state index contributed by atoms with van der Waals surface area (Å²) in [6.07, 6.45) is 11.3. The van der Waals surface area contributed by atoms with Gasteiger partial charge in [-0.15, -0.1) is 0 Å². The van der Waals surface area contributed by atoms with E-state index in [4.69, 9.17) is 9.47 Å². The molecule has 106 valence electrons. The molecule has 2 aliphatic carbocycles. The summed E-state index contributed by atoms with van der Waals surface area (Å²) < 4.78 is 11.5. The fourth-order valence-corrected chi connectivity index (χ4v) is 2.96. The molecule has 0 spiro atoms. The Morgan fingerprint density at radius 3 is 2.50 bits per heavy atom. The van der Waals surface area contributed by atoms with Gasteiger partial charge in [-0.3, -0.25) is 0 Å². The zero-order valence-electron chi connectivity index (χ0n) is 11.8. The second kappa shape index (κ2) is 8.13. The van der Waals surface area contributed by atoms with Crippen LogP contribution in [0.15, 0.2) is 0 Å². The van der Waals surface area contributed by atoms with Crippen molar-refractivity contribution in [3.05, 3.63) is 0 Å². The first kappa shape index (κ1) is 14.3. The second-order valence-electron chi connectivity index (χ2n) is 5.68. The molecule has 0 atom stereocenters. The van der Waals surface area contributed by atoms with E-state index in [1.807, 2.05) is 0 Å². The molecule has 1 N–H and O–H groups in total. The van der Waals surface area contributed by atoms with E-state index in [1.54, 1.807) is 0 Å². The monoisotopic (exact) mass is 255 g/mol. The minimum Gasteiger partial charge on any atom is -0.378 e. The summed E-state index contributed by atoms with van der Waals surface area (Å²) in [5, 5.41) is 3.59. The molecule has 0 unspecified atom stereocenters. The number of rotatable bonds is 8. The van der Waals surface area contributed by atoms with Crippen molar-refractivity contribution in [3.8, 4) is 0 Å². The lowest BCUT2D eigenvalue weighted by molar-refractivity contribution is -0.0112. The van der Waals surface area contributed by atoms with E-state index in [0.717, 1.165) is 26.2 Å². The van der Waals surface area contributed by atoms with Gasteiger partial charge in [-0.05, 0) is 45.6 Å². The van der Waals surface area contributed by atoms with Crippen molar-refractivity contribution in [2.45, 2.75) is 76.5 Å². The molecule has 18 heavy (non-hydrogen) atoms. The Hall–Kier alpha value is -0.120. The topological polar surface area (TPSA) is 30.5 Å². The maximum atomic E-state index is 5.91. The van der Waals surface area contributed by atoms with Crippen molar-refractivity contribution >= 4 is 0 Å². The molecule has 2 saturated carbocycles. The lowest BCUT2D eigenvalue weighted by Crippen LogP contribution is -2.45. The predicted molar refractivity (Wildman–Crippen MR) is 73.9 cm³/mol. The second-order valence-corrected chi connectivity index (χ2v) is 5.68. The van der Waals surface area contributed by atoms with Crippen LogP contribution in [0, 0.1) is 0 Å². The summed E-state index contributed by atoms with van der Waals surface area (Å²) >= 11 is 0. The van der Waals surface area contributed by atoms with Gasteiger partial charge in [0.05, 0.1) is 12.2 Å². The number of hydrogen-bond donors (Lipinski definition) is 1. The van der Waals surface area contributed by atoms with Gasteiger partial charge in [0.1, 0.15) is 0 Å². The highest BCUT2D eigenvalue weighted by molar-refractivity contribution is 4.85. The van der Waals surface area contributed by atoms with Crippen LogP contribution in [0.1, 0.15) is 58.3 Å². The molecule has 3 heteroatoms. The summed E-state index contributed by atoms with van der Waals surface area (Å²) in [6.45, 7) is 4.95. The van der Waals surface area contributed by atoms with Gasteiger partial charge in [0.25, 0.3) is 0 Å². The van der Waals surface area contributed by atoms with Crippen LogP contribution in [0.2, 0.25) is 0 Å². The lowest BCUT2D eigenvalue weighted by Gasteiger charge is -2.35. The van der Waals surface area contributed by atoms with Crippen molar-refractivity contribution < 1.29 is 9.47 Å². The number of ether oxygens (including phenoxy) is 2. The Kier molecular flexibility index (Phi) is 6.46. The molecule has 2 fully saturated rings. The van der Waals surface area contributed by atoms with Gasteiger partial charge in [-0.25, -0.2) is 0 Å². The van der Waals surface area contributed by atoms with E-state index in [2.05, 4.69) is 12.2 Å². The van der Waals surface area contributed by atoms with Gasteiger partial charge in [0.2, 0.25) is 0 Å². The average molecular weight is 255 g/mol. The molecule has 2 rings (SSSR count). The molecule has 0 aromatic rings. The Morgan fingerprint density at radius 2 is 1.78 bits per heavy atom. The molecule has 0 heterocycles. The van der Waals surface area contributed by atoms with E-state index in [9.17, 15) is 0 Å². The van der Waals surface area contributed by atoms with E-state index in [0.29, 0.717) is 18.2 Å². The first-order valence-electron chi connectivity index (χ1n) is 7.85. The smallest absolute Gasteiger partial charge is 0.0604 e. The zero-order chi connectivity index (χ0) is 12.6. The van der Waals surface area contributed by atoms with Gasteiger partial charge in [-0.1, -0.05) is 19.3 Å². The van der Waals surface area contributed by atoms with Crippen LogP contribution in [-0.4, -0.2) is 38.0 Å². The van der Waals surface area contributed by atoms with Gasteiger partial charge < -0.3 is 14.8 Å². The van der Waals surface area contributed by atoms with Gasteiger partial charge in [0.15, 0.2) is 0 Å². The van der Waals surface area contributed by atoms with Crippen LogP contribution < -0.4 is 5.32 Å². The van der Waals surface area contributed by atoms with Crippen molar-refractivity contribution in [2.75, 3.05) is 19.8 Å². The molecular weight excluding hydrogens is 226 g/mol. The molecule has 0 bridgehead atoms. The number of hydrogen-bond acceptors (Lipinski definition) is 3. The van der Waals surface area contributed by atoms with Crippen LogP contribution in [0.3, 0.4) is 0 Å². The zero-order valence-corrected chi connectivity index (χ0v) is 11.8. The van der Waals surface area contributed by atoms with E-state index in [-0.39, 0.29) is 0 Å². The third kappa shape index (κ3) is 4.87. The van der Waals surface area contributed by atoms with E-state index < -0.39 is 0 Å². The summed E-state index contributed by atoms with van der Waals surface area (Å²) in [4.78, 5) is 0. The highest BCUT2D eigenvalue weighted by Crippen LogP contribution is 2.23. The quantitative estimate of drug-likeness (QED) is 0.677. The summed E-state index contributed by atoms with van der Waals surface area (Å²) in [7, 11) is 0. The minimum absolute atomic E-state index is 0.519. The maximum absolute atomic E-state index is 5.91. The predicted octanol–water partition coefficient (Wildman–Crippen LogP) is 2.88. The number of nitrogens with one attached hydrogen (secondary N) is 1. The van der Waals surface area contributed by atoms with Crippen molar-refractivity contribution in [1.82, 2.24) is 5.32 Å². The molecule has 0 aromatic heterocycles. The fourth-order valence-electron chi connectivity index (χ4n) is 2.96. The SMILES string of the molecule is CCOC1CC(NCCCOC2CCCCC2)C1. The Labute approximate surface area is 112 Å². The van der Waals surface area contributed by atoms with Gasteiger partial charge >= 0.3 is 0 Å². The lowest BCUT2D eigenvalue weighted by atomic mass is 9.89. The maximum Gasteiger partial charge on any atom is 0.0604 e. The molecule has 0 amide bonds. The normalized spacial score (nSPS) is 29.2. The van der Waals surface area contributed by atoms with E-state index >= 15 is 0 Å². The molecule has 0 aromatic carbocycles. The van der Waals surface area contributed by atoms with Gasteiger partial charge in [0, 0.05) is 19.3 Å². The Bertz CT molecular complexity index is 211. The van der Waals surface area contributed by atoms with E-state index in [1.165, 1.54) is 44.9 Å². The highest BCUT2D eigenvalue weighted by Gasteiger charge is 2.28. The van der Waals surface area contributed by atoms with Crippen molar-refractivity contribution in [1.29, 1.82) is 0 Å². The molecular formula is C15H29NO2. The third-order valence-electron chi connectivity index (χ3n) is 4.16. The van der Waals surface area contributed by atoms with Gasteiger partial charge in [-0.2, -0.15) is 0 Å². The fraction of sp³-hybridized carbons (Fsp3) is 1.00. The molecule has 0 radical (unpaired) electrons. The Balaban J connectivity index is 1.38.